The summed E-state index contributed by atoms with van der Waals surface area (Å²) in [6.07, 6.45) is 5.04. The van der Waals surface area contributed by atoms with E-state index in [2.05, 4.69) is 20.4 Å². The van der Waals surface area contributed by atoms with Crippen LogP contribution in [0.3, 0.4) is 0 Å². The summed E-state index contributed by atoms with van der Waals surface area (Å²) in [4.78, 5) is 6.99. The van der Waals surface area contributed by atoms with E-state index in [-0.39, 0.29) is 0 Å². The normalized spacial score (nSPS) is 32.7. The molecule has 98 valence electrons. The van der Waals surface area contributed by atoms with Gasteiger partial charge in [0.05, 0.1) is 6.54 Å². The van der Waals surface area contributed by atoms with E-state index in [9.17, 15) is 0 Å². The molecular weight excluding hydrogens is 228 g/mol. The summed E-state index contributed by atoms with van der Waals surface area (Å²) >= 11 is 0. The van der Waals surface area contributed by atoms with Gasteiger partial charge in [0, 0.05) is 25.0 Å². The average Bonchev–Trinajstić information content (AvgIpc) is 2.95. The van der Waals surface area contributed by atoms with Gasteiger partial charge in [0.1, 0.15) is 0 Å². The van der Waals surface area contributed by atoms with E-state index in [0.29, 0.717) is 5.92 Å². The fourth-order valence-corrected chi connectivity index (χ4v) is 3.30. The fourth-order valence-electron chi connectivity index (χ4n) is 3.30. The van der Waals surface area contributed by atoms with Gasteiger partial charge in [-0.3, -0.25) is 4.90 Å². The summed E-state index contributed by atoms with van der Waals surface area (Å²) < 4.78 is 5.36. The van der Waals surface area contributed by atoms with Crippen molar-refractivity contribution in [2.24, 2.45) is 5.92 Å². The highest BCUT2D eigenvalue weighted by atomic mass is 16.5. The highest BCUT2D eigenvalue weighted by Gasteiger charge is 2.33. The predicted octanol–water partition coefficient (Wildman–Crippen LogP) is 1.13. The highest BCUT2D eigenvalue weighted by Crippen LogP contribution is 2.38. The topological polar surface area (TPSA) is 54.2 Å². The summed E-state index contributed by atoms with van der Waals surface area (Å²) in [5, 5.41) is 7.68. The van der Waals surface area contributed by atoms with Crippen LogP contribution in [-0.2, 0) is 6.54 Å². The van der Waals surface area contributed by atoms with Crippen molar-refractivity contribution in [2.45, 2.75) is 44.2 Å². The molecule has 1 aliphatic carbocycles. The Morgan fingerprint density at radius 3 is 3.11 bits per heavy atom. The van der Waals surface area contributed by atoms with Gasteiger partial charge >= 0.3 is 0 Å². The average molecular weight is 248 g/mol. The molecule has 2 unspecified atom stereocenters. The third kappa shape index (κ3) is 2.06. The lowest BCUT2D eigenvalue weighted by Crippen LogP contribution is -2.43. The van der Waals surface area contributed by atoms with Crippen LogP contribution in [0.4, 0.5) is 0 Å². The monoisotopic (exact) mass is 248 g/mol. The van der Waals surface area contributed by atoms with Crippen molar-refractivity contribution in [3.63, 3.8) is 0 Å². The van der Waals surface area contributed by atoms with Crippen molar-refractivity contribution >= 4 is 0 Å². The Kier molecular flexibility index (Phi) is 2.62. The molecule has 5 heteroatoms. The van der Waals surface area contributed by atoms with Crippen LogP contribution in [0, 0.1) is 5.92 Å². The van der Waals surface area contributed by atoms with Crippen LogP contribution in [0.25, 0.3) is 0 Å². The number of aromatic nitrogens is 2. The zero-order valence-corrected chi connectivity index (χ0v) is 10.6. The van der Waals surface area contributed by atoms with Gasteiger partial charge in [0.2, 0.25) is 5.89 Å². The van der Waals surface area contributed by atoms with Crippen LogP contribution in [0.5, 0.6) is 0 Å². The van der Waals surface area contributed by atoms with Gasteiger partial charge < -0.3 is 9.84 Å². The van der Waals surface area contributed by atoms with Gasteiger partial charge in [-0.05, 0) is 38.1 Å². The minimum absolute atomic E-state index is 0.590. The minimum atomic E-state index is 0.590. The standard InChI is InChI=1S/C13H20N4O/c1-2-9(1)13-15-12(18-16-13)8-17-6-4-11-10(7-17)3-5-14-11/h9-11,14H,1-8H2. The van der Waals surface area contributed by atoms with E-state index in [4.69, 9.17) is 4.52 Å². The lowest BCUT2D eigenvalue weighted by atomic mass is 9.93. The largest absolute Gasteiger partial charge is 0.338 e. The second-order valence-electron chi connectivity index (χ2n) is 5.95. The number of piperidine rings is 1. The van der Waals surface area contributed by atoms with Crippen molar-refractivity contribution in [1.82, 2.24) is 20.4 Å². The maximum absolute atomic E-state index is 5.36. The van der Waals surface area contributed by atoms with Gasteiger partial charge in [-0.15, -0.1) is 0 Å². The van der Waals surface area contributed by atoms with E-state index in [0.717, 1.165) is 36.8 Å². The smallest absolute Gasteiger partial charge is 0.240 e. The van der Waals surface area contributed by atoms with E-state index in [1.165, 1.54) is 38.8 Å². The zero-order chi connectivity index (χ0) is 11.9. The lowest BCUT2D eigenvalue weighted by Gasteiger charge is -2.33. The highest BCUT2D eigenvalue weighted by molar-refractivity contribution is 5.03. The number of hydrogen-bond donors (Lipinski definition) is 1. The number of rotatable bonds is 3. The minimum Gasteiger partial charge on any atom is -0.338 e. The maximum atomic E-state index is 5.36. The number of likely N-dealkylation sites (tertiary alicyclic amines) is 1. The van der Waals surface area contributed by atoms with E-state index < -0.39 is 0 Å². The van der Waals surface area contributed by atoms with E-state index >= 15 is 0 Å². The van der Waals surface area contributed by atoms with Crippen LogP contribution in [0.1, 0.15) is 43.3 Å². The first-order valence-electron chi connectivity index (χ1n) is 7.17. The Morgan fingerprint density at radius 1 is 1.28 bits per heavy atom. The first-order valence-corrected chi connectivity index (χ1v) is 7.17. The molecule has 0 amide bonds. The summed E-state index contributed by atoms with van der Waals surface area (Å²) in [5.74, 6) is 3.15. The summed E-state index contributed by atoms with van der Waals surface area (Å²) in [6.45, 7) is 4.35. The van der Waals surface area contributed by atoms with Gasteiger partial charge in [0.15, 0.2) is 5.82 Å². The molecule has 0 aromatic carbocycles. The molecule has 2 saturated heterocycles. The zero-order valence-electron chi connectivity index (χ0n) is 10.6. The molecule has 0 spiro atoms. The molecule has 0 bridgehead atoms. The molecule has 5 nitrogen and oxygen atoms in total. The molecule has 0 radical (unpaired) electrons. The first kappa shape index (κ1) is 10.9. The Labute approximate surface area is 107 Å². The number of fused-ring (bicyclic) bond motifs is 1. The molecule has 3 aliphatic rings. The second kappa shape index (κ2) is 4.31. The summed E-state index contributed by atoms with van der Waals surface area (Å²) in [6, 6.07) is 0.756. The molecule has 1 aromatic rings. The molecular formula is C13H20N4O. The Hall–Kier alpha value is -0.940. The molecule has 18 heavy (non-hydrogen) atoms. The molecule has 2 atom stereocenters. The van der Waals surface area contributed by atoms with Crippen molar-refractivity contribution in [3.05, 3.63) is 11.7 Å². The number of hydrogen-bond acceptors (Lipinski definition) is 5. The molecule has 2 aliphatic heterocycles. The Bertz CT molecular complexity index is 428. The van der Waals surface area contributed by atoms with Crippen molar-refractivity contribution < 1.29 is 4.52 Å². The molecule has 1 aromatic heterocycles. The molecule has 1 N–H and O–H groups in total. The fraction of sp³-hybridized carbons (Fsp3) is 0.846. The molecule has 1 saturated carbocycles. The number of nitrogens with one attached hydrogen (secondary N) is 1. The van der Waals surface area contributed by atoms with Crippen LogP contribution in [0.2, 0.25) is 0 Å². The predicted molar refractivity (Wildman–Crippen MR) is 66.1 cm³/mol. The molecule has 3 heterocycles. The molecule has 3 fully saturated rings. The van der Waals surface area contributed by atoms with E-state index in [1.54, 1.807) is 0 Å². The quantitative estimate of drug-likeness (QED) is 0.869. The first-order chi connectivity index (χ1) is 8.88. The third-order valence-corrected chi connectivity index (χ3v) is 4.52. The van der Waals surface area contributed by atoms with Crippen LogP contribution in [0.15, 0.2) is 4.52 Å². The Balaban J connectivity index is 1.38. The van der Waals surface area contributed by atoms with Crippen molar-refractivity contribution in [3.8, 4) is 0 Å². The van der Waals surface area contributed by atoms with Gasteiger partial charge in [-0.1, -0.05) is 5.16 Å². The molecule has 4 rings (SSSR count). The maximum Gasteiger partial charge on any atom is 0.240 e. The van der Waals surface area contributed by atoms with Gasteiger partial charge in [-0.2, -0.15) is 4.98 Å². The van der Waals surface area contributed by atoms with Gasteiger partial charge in [-0.25, -0.2) is 0 Å². The SMILES string of the molecule is C1CC2CN(Cc3nc(C4CC4)no3)CCC2N1. The van der Waals surface area contributed by atoms with E-state index in [1.807, 2.05) is 0 Å². The van der Waals surface area contributed by atoms with Gasteiger partial charge in [0.25, 0.3) is 0 Å². The second-order valence-corrected chi connectivity index (χ2v) is 5.95. The third-order valence-electron chi connectivity index (χ3n) is 4.52. The number of nitrogens with zero attached hydrogens (tertiary/aromatic N) is 3. The van der Waals surface area contributed by atoms with Crippen molar-refractivity contribution in [2.75, 3.05) is 19.6 Å². The van der Waals surface area contributed by atoms with Crippen LogP contribution in [-0.4, -0.2) is 40.7 Å². The van der Waals surface area contributed by atoms with Crippen LogP contribution < -0.4 is 5.32 Å². The summed E-state index contributed by atoms with van der Waals surface area (Å²) in [5.41, 5.74) is 0. The summed E-state index contributed by atoms with van der Waals surface area (Å²) in [7, 11) is 0. The van der Waals surface area contributed by atoms with Crippen LogP contribution >= 0.6 is 0 Å². The lowest BCUT2D eigenvalue weighted by molar-refractivity contribution is 0.140. The van der Waals surface area contributed by atoms with Crippen molar-refractivity contribution in [1.29, 1.82) is 0 Å². The Morgan fingerprint density at radius 2 is 2.22 bits per heavy atom.